The molecule has 5 rings (SSSR count). The lowest BCUT2D eigenvalue weighted by atomic mass is 9.48. The maximum atomic E-state index is 12.3. The van der Waals surface area contributed by atoms with Gasteiger partial charge in [0.15, 0.2) is 0 Å². The van der Waals surface area contributed by atoms with E-state index in [4.69, 9.17) is 4.52 Å². The zero-order valence-electron chi connectivity index (χ0n) is 15.5. The molecule has 1 aromatic rings. The summed E-state index contributed by atoms with van der Waals surface area (Å²) in [5.74, 6) is 3.11. The van der Waals surface area contributed by atoms with Crippen molar-refractivity contribution in [3.8, 4) is 0 Å². The summed E-state index contributed by atoms with van der Waals surface area (Å²) in [6, 6.07) is 1.95. The van der Waals surface area contributed by atoms with E-state index in [2.05, 4.69) is 30.4 Å². The molecule has 4 aliphatic rings. The smallest absolute Gasteiger partial charge is 0.317 e. The number of hydrogen-bond donors (Lipinski definition) is 1. The van der Waals surface area contributed by atoms with Gasteiger partial charge in [0, 0.05) is 25.6 Å². The second kappa shape index (κ2) is 6.19. The lowest BCUT2D eigenvalue weighted by Crippen LogP contribution is -2.48. The Kier molecular flexibility index (Phi) is 4.13. The molecule has 25 heavy (non-hydrogen) atoms. The van der Waals surface area contributed by atoms with E-state index < -0.39 is 0 Å². The molecule has 1 N–H and O–H groups in total. The van der Waals surface area contributed by atoms with Crippen LogP contribution in [0.3, 0.4) is 0 Å². The van der Waals surface area contributed by atoms with E-state index in [1.165, 1.54) is 25.7 Å². The molecule has 0 saturated heterocycles. The summed E-state index contributed by atoms with van der Waals surface area (Å²) >= 11 is 0. The van der Waals surface area contributed by atoms with Gasteiger partial charge in [-0.2, -0.15) is 0 Å². The maximum absolute atomic E-state index is 12.3. The molecule has 5 nitrogen and oxygen atoms in total. The lowest BCUT2D eigenvalue weighted by molar-refractivity contribution is -0.00810. The molecule has 0 aromatic carbocycles. The molecule has 2 saturated carbocycles. The number of fused-ring (bicyclic) bond motifs is 1. The predicted molar refractivity (Wildman–Crippen MR) is 96.0 cm³/mol. The molecular formula is C20H29N3O2. The third-order valence-electron chi connectivity index (χ3n) is 6.58. The monoisotopic (exact) mass is 343 g/mol. The minimum absolute atomic E-state index is 0.0434. The molecular weight excluding hydrogens is 314 g/mol. The highest BCUT2D eigenvalue weighted by Gasteiger charge is 2.50. The van der Waals surface area contributed by atoms with Crippen LogP contribution in [0.15, 0.2) is 22.2 Å². The SMILES string of the molecule is CN(Cc1cc(C2CC2)on1)C(=O)NCCC1=CC[C@H]2C[C@@H]1C2(C)C. The molecule has 136 valence electrons. The van der Waals surface area contributed by atoms with Gasteiger partial charge in [0.25, 0.3) is 0 Å². The summed E-state index contributed by atoms with van der Waals surface area (Å²) in [4.78, 5) is 14.0. The van der Waals surface area contributed by atoms with Crippen LogP contribution in [0, 0.1) is 17.3 Å². The molecule has 2 bridgehead atoms. The summed E-state index contributed by atoms with van der Waals surface area (Å²) in [7, 11) is 1.81. The van der Waals surface area contributed by atoms with Crippen LogP contribution < -0.4 is 5.32 Å². The Morgan fingerprint density at radius 3 is 2.92 bits per heavy atom. The normalized spacial score (nSPS) is 26.6. The van der Waals surface area contributed by atoms with E-state index in [1.807, 2.05) is 6.07 Å². The molecule has 5 heteroatoms. The van der Waals surface area contributed by atoms with Crippen LogP contribution in [0.2, 0.25) is 0 Å². The fraction of sp³-hybridized carbons (Fsp3) is 0.700. The summed E-state index contributed by atoms with van der Waals surface area (Å²) in [6.45, 7) is 5.97. The van der Waals surface area contributed by atoms with Gasteiger partial charge in [-0.05, 0) is 49.4 Å². The third-order valence-corrected chi connectivity index (χ3v) is 6.58. The fourth-order valence-corrected chi connectivity index (χ4v) is 4.48. The Bertz CT molecular complexity index is 687. The Hall–Kier alpha value is -1.78. The van der Waals surface area contributed by atoms with Crippen molar-refractivity contribution in [3.05, 3.63) is 29.2 Å². The Morgan fingerprint density at radius 2 is 2.24 bits per heavy atom. The first kappa shape index (κ1) is 16.7. The first-order chi connectivity index (χ1) is 11.9. The highest BCUT2D eigenvalue weighted by molar-refractivity contribution is 5.73. The molecule has 0 spiro atoms. The van der Waals surface area contributed by atoms with Crippen LogP contribution in [0.4, 0.5) is 4.79 Å². The second-order valence-corrected chi connectivity index (χ2v) is 8.65. The first-order valence-corrected chi connectivity index (χ1v) is 9.58. The molecule has 2 amide bonds. The van der Waals surface area contributed by atoms with Crippen LogP contribution in [-0.4, -0.2) is 29.7 Å². The molecule has 1 aromatic heterocycles. The number of aromatic nitrogens is 1. The molecule has 4 aliphatic carbocycles. The van der Waals surface area contributed by atoms with Gasteiger partial charge in [0.05, 0.1) is 6.54 Å². The van der Waals surface area contributed by atoms with Crippen molar-refractivity contribution in [3.63, 3.8) is 0 Å². The standard InChI is InChI=1S/C20H29N3O2/c1-20(2)15-7-6-13(17(20)10-15)8-9-21-19(24)23(3)12-16-11-18(25-22-16)14-4-5-14/h6,11,14-15,17H,4-5,7-10,12H2,1-3H3,(H,21,24)/t15-,17-/m0/s1. The number of carbonyl (C=O) groups excluding carboxylic acids is 1. The van der Waals surface area contributed by atoms with Crippen LogP contribution in [0.25, 0.3) is 0 Å². The molecule has 2 atom stereocenters. The van der Waals surface area contributed by atoms with Gasteiger partial charge < -0.3 is 14.7 Å². The largest absolute Gasteiger partial charge is 0.361 e. The quantitative estimate of drug-likeness (QED) is 0.792. The highest BCUT2D eigenvalue weighted by Crippen LogP contribution is 2.59. The minimum atomic E-state index is -0.0434. The van der Waals surface area contributed by atoms with Gasteiger partial charge in [-0.15, -0.1) is 0 Å². The van der Waals surface area contributed by atoms with E-state index in [1.54, 1.807) is 17.5 Å². The summed E-state index contributed by atoms with van der Waals surface area (Å²) in [5.41, 5.74) is 2.83. The minimum Gasteiger partial charge on any atom is -0.361 e. The molecule has 2 fully saturated rings. The maximum Gasteiger partial charge on any atom is 0.317 e. The summed E-state index contributed by atoms with van der Waals surface area (Å²) < 4.78 is 5.35. The average molecular weight is 343 g/mol. The van der Waals surface area contributed by atoms with Crippen LogP contribution in [0.5, 0.6) is 0 Å². The topological polar surface area (TPSA) is 58.4 Å². The third kappa shape index (κ3) is 3.21. The molecule has 0 aliphatic heterocycles. The highest BCUT2D eigenvalue weighted by atomic mass is 16.5. The number of hydrogen-bond acceptors (Lipinski definition) is 3. The van der Waals surface area contributed by atoms with Crippen LogP contribution in [0.1, 0.15) is 63.3 Å². The van der Waals surface area contributed by atoms with Crippen molar-refractivity contribution in [1.82, 2.24) is 15.4 Å². The zero-order chi connectivity index (χ0) is 17.6. The molecule has 1 heterocycles. The second-order valence-electron chi connectivity index (χ2n) is 8.65. The Balaban J connectivity index is 1.22. The van der Waals surface area contributed by atoms with Crippen molar-refractivity contribution in [2.24, 2.45) is 17.3 Å². The zero-order valence-corrected chi connectivity index (χ0v) is 15.5. The van der Waals surface area contributed by atoms with Crippen LogP contribution >= 0.6 is 0 Å². The van der Waals surface area contributed by atoms with E-state index >= 15 is 0 Å². The van der Waals surface area contributed by atoms with Crippen LogP contribution in [-0.2, 0) is 6.54 Å². The van der Waals surface area contributed by atoms with Crippen molar-refractivity contribution >= 4 is 6.03 Å². The van der Waals surface area contributed by atoms with Crippen molar-refractivity contribution in [2.75, 3.05) is 13.6 Å². The summed E-state index contributed by atoms with van der Waals surface area (Å²) in [6.07, 6.45) is 8.31. The van der Waals surface area contributed by atoms with Gasteiger partial charge in [0.2, 0.25) is 0 Å². The van der Waals surface area contributed by atoms with E-state index in [0.717, 1.165) is 29.7 Å². The lowest BCUT2D eigenvalue weighted by Gasteiger charge is -2.56. The van der Waals surface area contributed by atoms with Crippen molar-refractivity contribution in [1.29, 1.82) is 0 Å². The number of nitrogens with zero attached hydrogens (tertiary/aromatic N) is 2. The van der Waals surface area contributed by atoms with E-state index in [9.17, 15) is 4.79 Å². The van der Waals surface area contributed by atoms with Crippen molar-refractivity contribution in [2.45, 2.75) is 58.4 Å². The number of rotatable bonds is 6. The fourth-order valence-electron chi connectivity index (χ4n) is 4.48. The molecule has 0 unspecified atom stereocenters. The van der Waals surface area contributed by atoms with Gasteiger partial charge in [-0.3, -0.25) is 0 Å². The Morgan fingerprint density at radius 1 is 1.44 bits per heavy atom. The number of nitrogens with one attached hydrogen (secondary N) is 1. The first-order valence-electron chi connectivity index (χ1n) is 9.58. The predicted octanol–water partition coefficient (Wildman–Crippen LogP) is 4.08. The van der Waals surface area contributed by atoms with E-state index in [-0.39, 0.29) is 6.03 Å². The van der Waals surface area contributed by atoms with Gasteiger partial charge in [-0.25, -0.2) is 4.79 Å². The molecule has 0 radical (unpaired) electrons. The summed E-state index contributed by atoms with van der Waals surface area (Å²) in [5, 5.41) is 7.12. The van der Waals surface area contributed by atoms with Crippen molar-refractivity contribution < 1.29 is 9.32 Å². The number of carbonyl (C=O) groups is 1. The number of urea groups is 1. The van der Waals surface area contributed by atoms with Gasteiger partial charge >= 0.3 is 6.03 Å². The average Bonchev–Trinajstić information content (AvgIpc) is 3.34. The van der Waals surface area contributed by atoms with Gasteiger partial charge in [-0.1, -0.05) is 30.7 Å². The number of amides is 2. The Labute approximate surface area is 149 Å². The van der Waals surface area contributed by atoms with E-state index in [0.29, 0.717) is 24.4 Å². The number of allylic oxidation sites excluding steroid dienone is 1. The van der Waals surface area contributed by atoms with Gasteiger partial charge in [0.1, 0.15) is 11.5 Å².